The first kappa shape index (κ1) is 18.4. The van der Waals surface area contributed by atoms with Crippen molar-refractivity contribution < 1.29 is 4.79 Å². The van der Waals surface area contributed by atoms with Gasteiger partial charge in [-0.1, -0.05) is 40.8 Å². The fourth-order valence-electron chi connectivity index (χ4n) is 1.95. The van der Waals surface area contributed by atoms with Crippen molar-refractivity contribution >= 4 is 51.4 Å². The lowest BCUT2D eigenvalue weighted by molar-refractivity contribution is -0.113. The van der Waals surface area contributed by atoms with Crippen LogP contribution in [0, 0.1) is 0 Å². The largest absolute Gasteiger partial charge is 0.357 e. The van der Waals surface area contributed by atoms with Gasteiger partial charge in [0, 0.05) is 11.6 Å². The number of halogens is 1. The number of carbonyl (C=O) groups excluding carboxylic acids is 1. The van der Waals surface area contributed by atoms with Gasteiger partial charge in [0.2, 0.25) is 11.0 Å². The monoisotopic (exact) mass is 407 g/mol. The van der Waals surface area contributed by atoms with Crippen LogP contribution in [0.4, 0.5) is 10.8 Å². The van der Waals surface area contributed by atoms with Crippen molar-refractivity contribution in [1.29, 1.82) is 0 Å². The van der Waals surface area contributed by atoms with Crippen LogP contribution in [0.25, 0.3) is 5.69 Å². The van der Waals surface area contributed by atoms with Crippen molar-refractivity contribution in [2.24, 2.45) is 0 Å². The molecule has 0 aliphatic heterocycles. The van der Waals surface area contributed by atoms with Gasteiger partial charge < -0.3 is 10.6 Å². The smallest absolute Gasteiger partial charge is 0.234 e. The van der Waals surface area contributed by atoms with Gasteiger partial charge in [-0.25, -0.2) is 9.67 Å². The van der Waals surface area contributed by atoms with E-state index in [0.29, 0.717) is 32.4 Å². The second-order valence-corrected chi connectivity index (χ2v) is 7.52. The summed E-state index contributed by atoms with van der Waals surface area (Å²) in [5.74, 6) is 0.00814. The summed E-state index contributed by atoms with van der Waals surface area (Å²) in [6.45, 7) is 4.24. The number of hydrogen-bond donors (Lipinski definition) is 2. The van der Waals surface area contributed by atoms with Gasteiger partial charge >= 0.3 is 0 Å². The van der Waals surface area contributed by atoms with Gasteiger partial charge in [0.05, 0.1) is 17.1 Å². The van der Waals surface area contributed by atoms with Crippen molar-refractivity contribution in [2.45, 2.75) is 4.34 Å². The molecule has 134 valence electrons. The Morgan fingerprint density at radius 1 is 1.42 bits per heavy atom. The van der Waals surface area contributed by atoms with Crippen LogP contribution in [0.5, 0.6) is 0 Å². The van der Waals surface area contributed by atoms with Crippen LogP contribution in [-0.2, 0) is 4.79 Å². The Bertz CT molecular complexity index is 897. The second kappa shape index (κ2) is 8.79. The predicted molar refractivity (Wildman–Crippen MR) is 104 cm³/mol. The van der Waals surface area contributed by atoms with Gasteiger partial charge in [-0.2, -0.15) is 5.10 Å². The lowest BCUT2D eigenvalue weighted by atomic mass is 10.2. The molecule has 1 amide bonds. The number of nitrogens with zero attached hydrogens (tertiary/aromatic N) is 5. The van der Waals surface area contributed by atoms with Gasteiger partial charge in [-0.3, -0.25) is 4.79 Å². The number of thioether (sulfide) groups is 1. The number of carbonyl (C=O) groups is 1. The van der Waals surface area contributed by atoms with E-state index in [9.17, 15) is 4.79 Å². The van der Waals surface area contributed by atoms with Gasteiger partial charge in [0.1, 0.15) is 12.7 Å². The van der Waals surface area contributed by atoms with Gasteiger partial charge in [-0.05, 0) is 18.2 Å². The highest BCUT2D eigenvalue weighted by atomic mass is 35.5. The third-order valence-electron chi connectivity index (χ3n) is 3.03. The van der Waals surface area contributed by atoms with Crippen LogP contribution < -0.4 is 10.6 Å². The number of rotatable bonds is 8. The summed E-state index contributed by atoms with van der Waals surface area (Å²) < 4.78 is 2.26. The topological polar surface area (TPSA) is 97.6 Å². The summed E-state index contributed by atoms with van der Waals surface area (Å²) >= 11 is 8.74. The Hall–Kier alpha value is -2.43. The lowest BCUT2D eigenvalue weighted by Crippen LogP contribution is -2.16. The molecule has 0 aliphatic rings. The normalized spacial score (nSPS) is 10.5. The highest BCUT2D eigenvalue weighted by Gasteiger charge is 2.12. The van der Waals surface area contributed by atoms with E-state index in [2.05, 4.69) is 37.5 Å². The van der Waals surface area contributed by atoms with Crippen molar-refractivity contribution in [2.75, 3.05) is 22.9 Å². The average Bonchev–Trinajstić information content (AvgIpc) is 3.30. The van der Waals surface area contributed by atoms with E-state index in [1.54, 1.807) is 35.3 Å². The molecular weight excluding hydrogens is 394 g/mol. The lowest BCUT2D eigenvalue weighted by Gasteiger charge is -2.11. The maximum Gasteiger partial charge on any atom is 0.234 e. The van der Waals surface area contributed by atoms with Gasteiger partial charge in [0.15, 0.2) is 4.34 Å². The number of hydrogen-bond acceptors (Lipinski definition) is 8. The molecular formula is C15H14ClN7OS2. The summed E-state index contributed by atoms with van der Waals surface area (Å²) in [5.41, 5.74) is 1.23. The predicted octanol–water partition coefficient (Wildman–Crippen LogP) is 3.10. The van der Waals surface area contributed by atoms with Gasteiger partial charge in [0.25, 0.3) is 0 Å². The number of nitrogens with one attached hydrogen (secondary N) is 2. The van der Waals surface area contributed by atoms with Crippen molar-refractivity contribution in [1.82, 2.24) is 25.0 Å². The van der Waals surface area contributed by atoms with Crippen molar-refractivity contribution in [3.8, 4) is 5.69 Å². The Morgan fingerprint density at radius 2 is 2.31 bits per heavy atom. The molecule has 2 N–H and O–H groups in total. The minimum absolute atomic E-state index is 0.186. The number of anilines is 2. The average molecular weight is 408 g/mol. The van der Waals surface area contributed by atoms with E-state index in [1.807, 2.05) is 0 Å². The number of amides is 1. The van der Waals surface area contributed by atoms with E-state index in [-0.39, 0.29) is 11.7 Å². The van der Waals surface area contributed by atoms with E-state index < -0.39 is 0 Å². The molecule has 0 spiro atoms. The van der Waals surface area contributed by atoms with E-state index in [4.69, 9.17) is 11.6 Å². The Balaban J connectivity index is 1.62. The van der Waals surface area contributed by atoms with Crippen LogP contribution in [0.15, 0.2) is 47.8 Å². The zero-order chi connectivity index (χ0) is 18.4. The van der Waals surface area contributed by atoms with Crippen LogP contribution in [0.2, 0.25) is 5.02 Å². The molecule has 0 radical (unpaired) electrons. The van der Waals surface area contributed by atoms with E-state index in [1.165, 1.54) is 29.4 Å². The minimum atomic E-state index is -0.186. The zero-order valence-corrected chi connectivity index (χ0v) is 15.8. The molecule has 0 aliphatic carbocycles. The maximum absolute atomic E-state index is 12.3. The highest BCUT2D eigenvalue weighted by Crippen LogP contribution is 2.27. The third-order valence-corrected chi connectivity index (χ3v) is 5.28. The molecule has 0 saturated heterocycles. The first-order valence-corrected chi connectivity index (χ1v) is 9.59. The highest BCUT2D eigenvalue weighted by molar-refractivity contribution is 8.01. The van der Waals surface area contributed by atoms with Crippen LogP contribution in [0.3, 0.4) is 0 Å². The first-order chi connectivity index (χ1) is 12.7. The summed E-state index contributed by atoms with van der Waals surface area (Å²) in [7, 11) is 0. The Kier molecular flexibility index (Phi) is 6.21. The van der Waals surface area contributed by atoms with E-state index >= 15 is 0 Å². The molecule has 26 heavy (non-hydrogen) atoms. The molecule has 0 fully saturated rings. The van der Waals surface area contributed by atoms with Gasteiger partial charge in [-0.15, -0.1) is 16.8 Å². The quantitative estimate of drug-likeness (QED) is 0.437. The molecule has 2 aromatic heterocycles. The maximum atomic E-state index is 12.3. The molecule has 3 rings (SSSR count). The molecule has 0 unspecified atom stereocenters. The molecule has 2 heterocycles. The SMILES string of the molecule is C=CCNc1nnc(SCC(=O)Nc2cc(Cl)ccc2-n2cncn2)s1. The summed E-state index contributed by atoms with van der Waals surface area (Å²) in [6, 6.07) is 5.16. The molecule has 8 nitrogen and oxygen atoms in total. The summed E-state index contributed by atoms with van der Waals surface area (Å²) in [6.07, 6.45) is 4.70. The van der Waals surface area contributed by atoms with Crippen molar-refractivity contribution in [3.05, 3.63) is 48.5 Å². The minimum Gasteiger partial charge on any atom is -0.357 e. The molecule has 1 aromatic carbocycles. The van der Waals surface area contributed by atoms with Crippen LogP contribution in [0.1, 0.15) is 0 Å². The first-order valence-electron chi connectivity index (χ1n) is 7.41. The number of benzene rings is 1. The Morgan fingerprint density at radius 3 is 3.08 bits per heavy atom. The third kappa shape index (κ3) is 4.81. The standard InChI is InChI=1S/C15H14ClN7OS2/c1-2-5-18-14-21-22-15(26-14)25-7-13(24)20-11-6-10(16)3-4-12(11)23-9-17-8-19-23/h2-4,6,8-9H,1,5,7H2,(H,18,21)(H,20,24). The fraction of sp³-hybridized carbons (Fsp3) is 0.133. The van der Waals surface area contributed by atoms with Crippen LogP contribution in [-0.4, -0.2) is 43.2 Å². The molecule has 11 heteroatoms. The van der Waals surface area contributed by atoms with Crippen LogP contribution >= 0.6 is 34.7 Å². The summed E-state index contributed by atoms with van der Waals surface area (Å²) in [4.78, 5) is 16.2. The molecule has 0 saturated carbocycles. The molecule has 0 bridgehead atoms. The zero-order valence-electron chi connectivity index (χ0n) is 13.4. The second-order valence-electron chi connectivity index (χ2n) is 4.88. The number of aromatic nitrogens is 5. The van der Waals surface area contributed by atoms with Crippen molar-refractivity contribution in [3.63, 3.8) is 0 Å². The fourth-order valence-corrected chi connectivity index (χ4v) is 3.68. The van der Waals surface area contributed by atoms with E-state index in [0.717, 1.165) is 0 Å². The Labute approximate surface area is 162 Å². The summed E-state index contributed by atoms with van der Waals surface area (Å²) in [5, 5.41) is 19.2. The molecule has 0 atom stereocenters. The molecule has 3 aromatic rings.